The Labute approximate surface area is 44.6 Å². The van der Waals surface area contributed by atoms with E-state index in [2.05, 4.69) is 11.7 Å². The quantitative estimate of drug-likeness (QED) is 0.380. The molecule has 0 aliphatic carbocycles. The Morgan fingerprint density at radius 3 is 1.43 bits per heavy atom. The zero-order chi connectivity index (χ0) is 6.12. The van der Waals surface area contributed by atoms with Gasteiger partial charge in [0.15, 0.2) is 0 Å². The topological polar surface area (TPSA) is 61.3 Å². The molecule has 0 radical (unpaired) electrons. The van der Waals surface area contributed by atoms with E-state index in [1.165, 1.54) is 0 Å². The summed E-state index contributed by atoms with van der Waals surface area (Å²) in [7, 11) is 0. The molecule has 0 rings (SSSR count). The lowest BCUT2D eigenvalue weighted by Crippen LogP contribution is -2.02. The van der Waals surface area contributed by atoms with Crippen molar-refractivity contribution < 1.29 is 4.74 Å². The monoisotopic (exact) mass is 106 g/mol. The highest BCUT2D eigenvalue weighted by Crippen LogP contribution is 1.64. The van der Waals surface area contributed by atoms with Gasteiger partial charge in [0, 0.05) is 13.2 Å². The van der Waals surface area contributed by atoms with Crippen molar-refractivity contribution in [3.05, 3.63) is 0 Å². The van der Waals surface area contributed by atoms with Crippen LogP contribution in [-0.4, -0.2) is 13.2 Å². The van der Waals surface area contributed by atoms with E-state index in [4.69, 9.17) is 4.74 Å². The molecule has 0 aromatic rings. The number of ether oxygens (including phenoxy) is 1. The van der Waals surface area contributed by atoms with Gasteiger partial charge in [0.1, 0.15) is 0 Å². The van der Waals surface area contributed by atoms with Gasteiger partial charge in [-0.05, 0) is 13.8 Å². The van der Waals surface area contributed by atoms with Gasteiger partial charge in [0.2, 0.25) is 0 Å². The van der Waals surface area contributed by atoms with Crippen LogP contribution in [0.3, 0.4) is 0 Å². The first kappa shape index (κ1) is 9.99. The molecule has 0 saturated carbocycles. The van der Waals surface area contributed by atoms with E-state index in [9.17, 15) is 0 Å². The number of rotatable bonds is 2. The van der Waals surface area contributed by atoms with E-state index in [0.717, 1.165) is 13.2 Å². The van der Waals surface area contributed by atoms with Crippen LogP contribution in [0.4, 0.5) is 0 Å². The van der Waals surface area contributed by atoms with E-state index in [1.54, 1.807) is 0 Å². The molecule has 0 bridgehead atoms. The average molecular weight is 106 g/mol. The molecule has 0 aliphatic rings. The van der Waals surface area contributed by atoms with Crippen molar-refractivity contribution in [3.8, 4) is 0 Å². The molecule has 0 spiro atoms. The zero-order valence-corrected chi connectivity index (χ0v) is 4.98. The molecule has 0 aromatic heterocycles. The number of hydrazine groups is 1. The van der Waals surface area contributed by atoms with Gasteiger partial charge >= 0.3 is 0 Å². The molecular formula is C4H14N2O. The lowest BCUT2D eigenvalue weighted by molar-refractivity contribution is 0.162. The van der Waals surface area contributed by atoms with E-state index < -0.39 is 0 Å². The second kappa shape index (κ2) is 16.9. The summed E-state index contributed by atoms with van der Waals surface area (Å²) in [5.74, 6) is 8.00. The van der Waals surface area contributed by atoms with Gasteiger partial charge in [-0.25, -0.2) is 0 Å². The maximum Gasteiger partial charge on any atom is 0.0437 e. The summed E-state index contributed by atoms with van der Waals surface area (Å²) in [5, 5.41) is 0. The molecule has 0 unspecified atom stereocenters. The summed E-state index contributed by atoms with van der Waals surface area (Å²) in [5.41, 5.74) is 0. The molecular weight excluding hydrogens is 92.1 g/mol. The van der Waals surface area contributed by atoms with Gasteiger partial charge in [0.25, 0.3) is 0 Å². The predicted molar refractivity (Wildman–Crippen MR) is 30.5 cm³/mol. The third-order valence-electron chi connectivity index (χ3n) is 0.408. The van der Waals surface area contributed by atoms with Gasteiger partial charge in [-0.3, -0.25) is 11.7 Å². The Kier molecular flexibility index (Phi) is 24.1. The van der Waals surface area contributed by atoms with E-state index in [0.29, 0.717) is 0 Å². The van der Waals surface area contributed by atoms with Crippen LogP contribution in [0.2, 0.25) is 0 Å². The number of hydrogen-bond donors (Lipinski definition) is 2. The van der Waals surface area contributed by atoms with Crippen LogP contribution >= 0.6 is 0 Å². The van der Waals surface area contributed by atoms with Crippen molar-refractivity contribution in [1.82, 2.24) is 0 Å². The highest BCUT2D eigenvalue weighted by molar-refractivity contribution is 4.07. The maximum atomic E-state index is 4.83. The molecule has 0 amide bonds. The van der Waals surface area contributed by atoms with Crippen LogP contribution < -0.4 is 11.7 Å². The van der Waals surface area contributed by atoms with E-state index in [-0.39, 0.29) is 0 Å². The van der Waals surface area contributed by atoms with Gasteiger partial charge in [-0.2, -0.15) is 0 Å². The van der Waals surface area contributed by atoms with Crippen molar-refractivity contribution in [2.75, 3.05) is 13.2 Å². The van der Waals surface area contributed by atoms with E-state index in [1.807, 2.05) is 13.8 Å². The highest BCUT2D eigenvalue weighted by atomic mass is 16.5. The van der Waals surface area contributed by atoms with Crippen molar-refractivity contribution in [3.63, 3.8) is 0 Å². The SMILES string of the molecule is CCOCC.NN. The molecule has 0 atom stereocenters. The Morgan fingerprint density at radius 1 is 1.14 bits per heavy atom. The third-order valence-corrected chi connectivity index (χ3v) is 0.408. The maximum absolute atomic E-state index is 4.83. The Balaban J connectivity index is 0. The third kappa shape index (κ3) is 25.0. The van der Waals surface area contributed by atoms with Crippen LogP contribution in [0.15, 0.2) is 0 Å². The van der Waals surface area contributed by atoms with Gasteiger partial charge in [-0.1, -0.05) is 0 Å². The molecule has 3 heteroatoms. The van der Waals surface area contributed by atoms with Crippen LogP contribution in [0.1, 0.15) is 13.8 Å². The van der Waals surface area contributed by atoms with Crippen molar-refractivity contribution in [1.29, 1.82) is 0 Å². The largest absolute Gasteiger partial charge is 0.382 e. The van der Waals surface area contributed by atoms with Crippen LogP contribution in [0, 0.1) is 0 Å². The number of hydrogen-bond acceptors (Lipinski definition) is 3. The normalized spacial score (nSPS) is 6.86. The predicted octanol–water partition coefficient (Wildman–Crippen LogP) is -0.138. The molecule has 0 fully saturated rings. The second-order valence-corrected chi connectivity index (χ2v) is 0.781. The van der Waals surface area contributed by atoms with Gasteiger partial charge < -0.3 is 4.74 Å². The Hall–Kier alpha value is -0.120. The van der Waals surface area contributed by atoms with Crippen molar-refractivity contribution >= 4 is 0 Å². The first-order valence-electron chi connectivity index (χ1n) is 2.32. The summed E-state index contributed by atoms with van der Waals surface area (Å²) >= 11 is 0. The zero-order valence-electron chi connectivity index (χ0n) is 4.98. The van der Waals surface area contributed by atoms with Crippen LogP contribution in [0.25, 0.3) is 0 Å². The van der Waals surface area contributed by atoms with Gasteiger partial charge in [-0.15, -0.1) is 0 Å². The summed E-state index contributed by atoms with van der Waals surface area (Å²) < 4.78 is 4.83. The summed E-state index contributed by atoms with van der Waals surface area (Å²) in [4.78, 5) is 0. The van der Waals surface area contributed by atoms with Crippen molar-refractivity contribution in [2.45, 2.75) is 13.8 Å². The lowest BCUT2D eigenvalue weighted by Gasteiger charge is -1.86. The second-order valence-electron chi connectivity index (χ2n) is 0.781. The average Bonchev–Trinajstić information content (AvgIpc) is 1.75. The first-order valence-corrected chi connectivity index (χ1v) is 2.32. The molecule has 7 heavy (non-hydrogen) atoms. The summed E-state index contributed by atoms with van der Waals surface area (Å²) in [6.45, 7) is 5.67. The minimum absolute atomic E-state index is 0.844. The fraction of sp³-hybridized carbons (Fsp3) is 1.00. The first-order chi connectivity index (χ1) is 3.41. The molecule has 0 aliphatic heterocycles. The standard InChI is InChI=1S/C4H10O.H4N2/c1-3-5-4-2;1-2/h3-4H2,1-2H3;1-2H2. The lowest BCUT2D eigenvalue weighted by atomic mass is 10.8. The van der Waals surface area contributed by atoms with Gasteiger partial charge in [0.05, 0.1) is 0 Å². The van der Waals surface area contributed by atoms with Crippen molar-refractivity contribution in [2.24, 2.45) is 11.7 Å². The van der Waals surface area contributed by atoms with Crippen LogP contribution in [-0.2, 0) is 4.74 Å². The molecule has 0 heterocycles. The molecule has 3 nitrogen and oxygen atoms in total. The summed E-state index contributed by atoms with van der Waals surface area (Å²) in [6.07, 6.45) is 0. The Bertz CT molecular complexity index is 17.2. The van der Waals surface area contributed by atoms with E-state index >= 15 is 0 Å². The molecule has 0 saturated heterocycles. The highest BCUT2D eigenvalue weighted by Gasteiger charge is 1.64. The molecule has 4 N–H and O–H groups in total. The molecule has 46 valence electrons. The minimum atomic E-state index is 0.844. The fourth-order valence-corrected chi connectivity index (χ4v) is 0.204. The number of nitrogens with two attached hydrogens (primary N) is 2. The minimum Gasteiger partial charge on any atom is -0.382 e. The molecule has 0 aromatic carbocycles. The Morgan fingerprint density at radius 2 is 1.43 bits per heavy atom. The van der Waals surface area contributed by atoms with Crippen LogP contribution in [0.5, 0.6) is 0 Å². The summed E-state index contributed by atoms with van der Waals surface area (Å²) in [6, 6.07) is 0. The fourth-order valence-electron chi connectivity index (χ4n) is 0.204. The smallest absolute Gasteiger partial charge is 0.0437 e.